The van der Waals surface area contributed by atoms with Crippen LogP contribution in [0.3, 0.4) is 0 Å². The molecule has 5 nitrogen and oxygen atoms in total. The fourth-order valence-corrected chi connectivity index (χ4v) is 3.00. The lowest BCUT2D eigenvalue weighted by Crippen LogP contribution is -2.47. The molecule has 0 aliphatic carbocycles. The second kappa shape index (κ2) is 7.62. The Balaban J connectivity index is 1.64. The van der Waals surface area contributed by atoms with Gasteiger partial charge in [0.2, 0.25) is 11.8 Å². The third kappa shape index (κ3) is 4.20. The first-order chi connectivity index (χ1) is 9.68. The van der Waals surface area contributed by atoms with Gasteiger partial charge in [-0.3, -0.25) is 9.59 Å². The minimum atomic E-state index is -0.181. The van der Waals surface area contributed by atoms with Crippen LogP contribution >= 0.6 is 0 Å². The summed E-state index contributed by atoms with van der Waals surface area (Å²) in [5.74, 6) is 0.394. The Morgan fingerprint density at radius 2 is 1.50 bits per heavy atom. The van der Waals surface area contributed by atoms with Gasteiger partial charge in [0.05, 0.1) is 6.04 Å². The summed E-state index contributed by atoms with van der Waals surface area (Å²) < 4.78 is 0. The van der Waals surface area contributed by atoms with Crippen LogP contribution in [0, 0.1) is 0 Å². The molecule has 2 saturated heterocycles. The molecular weight excluding hydrogens is 254 g/mol. The van der Waals surface area contributed by atoms with Gasteiger partial charge in [-0.2, -0.15) is 0 Å². The zero-order valence-electron chi connectivity index (χ0n) is 12.6. The van der Waals surface area contributed by atoms with E-state index in [0.29, 0.717) is 13.0 Å². The van der Waals surface area contributed by atoms with Gasteiger partial charge in [0.25, 0.3) is 0 Å². The predicted molar refractivity (Wildman–Crippen MR) is 78.3 cm³/mol. The second-order valence-electron chi connectivity index (χ2n) is 5.90. The quantitative estimate of drug-likeness (QED) is 0.817. The fraction of sp³-hybridized carbons (Fsp3) is 0.867. The van der Waals surface area contributed by atoms with Crippen molar-refractivity contribution in [3.63, 3.8) is 0 Å². The Hall–Kier alpha value is -1.10. The molecule has 5 heteroatoms. The highest BCUT2D eigenvalue weighted by Crippen LogP contribution is 2.10. The maximum Gasteiger partial charge on any atom is 0.239 e. The third-order valence-corrected chi connectivity index (χ3v) is 4.29. The van der Waals surface area contributed by atoms with Gasteiger partial charge in [-0.25, -0.2) is 0 Å². The van der Waals surface area contributed by atoms with Gasteiger partial charge < -0.3 is 15.1 Å². The van der Waals surface area contributed by atoms with E-state index in [-0.39, 0.29) is 17.9 Å². The Labute approximate surface area is 121 Å². The Bertz CT molecular complexity index is 334. The van der Waals surface area contributed by atoms with E-state index in [1.54, 1.807) is 0 Å². The summed E-state index contributed by atoms with van der Waals surface area (Å²) in [5, 5.41) is 3.20. The van der Waals surface area contributed by atoms with Gasteiger partial charge in [0, 0.05) is 39.1 Å². The minimum absolute atomic E-state index is 0.179. The SMILES string of the molecule is CC(NCCC(=O)N1CCCC1)C(=O)N1CCCCC1. The zero-order valence-corrected chi connectivity index (χ0v) is 12.6. The van der Waals surface area contributed by atoms with Crippen LogP contribution in [0.15, 0.2) is 0 Å². The first-order valence-electron chi connectivity index (χ1n) is 7.98. The molecule has 114 valence electrons. The van der Waals surface area contributed by atoms with Crippen LogP contribution in [0.5, 0.6) is 0 Å². The van der Waals surface area contributed by atoms with Crippen molar-refractivity contribution in [3.8, 4) is 0 Å². The monoisotopic (exact) mass is 281 g/mol. The van der Waals surface area contributed by atoms with E-state index in [1.807, 2.05) is 16.7 Å². The van der Waals surface area contributed by atoms with Gasteiger partial charge in [0.1, 0.15) is 0 Å². The molecule has 20 heavy (non-hydrogen) atoms. The van der Waals surface area contributed by atoms with E-state index < -0.39 is 0 Å². The Morgan fingerprint density at radius 3 is 2.15 bits per heavy atom. The van der Waals surface area contributed by atoms with Crippen LogP contribution in [0.1, 0.15) is 45.4 Å². The minimum Gasteiger partial charge on any atom is -0.343 e. The molecule has 2 heterocycles. The lowest BCUT2D eigenvalue weighted by Gasteiger charge is -2.29. The van der Waals surface area contributed by atoms with E-state index in [4.69, 9.17) is 0 Å². The lowest BCUT2D eigenvalue weighted by atomic mass is 10.1. The summed E-state index contributed by atoms with van der Waals surface area (Å²) >= 11 is 0. The van der Waals surface area contributed by atoms with Crippen LogP contribution in [-0.4, -0.2) is 60.4 Å². The van der Waals surface area contributed by atoms with Crippen LogP contribution < -0.4 is 5.32 Å². The smallest absolute Gasteiger partial charge is 0.239 e. The van der Waals surface area contributed by atoms with E-state index in [0.717, 1.165) is 51.9 Å². The summed E-state index contributed by atoms with van der Waals surface area (Å²) in [4.78, 5) is 28.0. The highest BCUT2D eigenvalue weighted by molar-refractivity contribution is 5.81. The van der Waals surface area contributed by atoms with Crippen LogP contribution in [0.25, 0.3) is 0 Å². The molecule has 2 rings (SSSR count). The largest absolute Gasteiger partial charge is 0.343 e. The van der Waals surface area contributed by atoms with Gasteiger partial charge >= 0.3 is 0 Å². The number of likely N-dealkylation sites (tertiary alicyclic amines) is 2. The Kier molecular flexibility index (Phi) is 5.83. The molecule has 0 aromatic rings. The highest BCUT2D eigenvalue weighted by Gasteiger charge is 2.22. The molecule has 1 N–H and O–H groups in total. The number of nitrogens with zero attached hydrogens (tertiary/aromatic N) is 2. The number of rotatable bonds is 5. The summed E-state index contributed by atoms with van der Waals surface area (Å²) in [6.07, 6.45) is 6.22. The van der Waals surface area contributed by atoms with Crippen molar-refractivity contribution in [2.24, 2.45) is 0 Å². The first kappa shape index (κ1) is 15.3. The molecule has 0 saturated carbocycles. The van der Waals surface area contributed by atoms with E-state index in [2.05, 4.69) is 5.32 Å². The van der Waals surface area contributed by atoms with Crippen molar-refractivity contribution in [1.82, 2.24) is 15.1 Å². The number of nitrogens with one attached hydrogen (secondary N) is 1. The van der Waals surface area contributed by atoms with Gasteiger partial charge in [0.15, 0.2) is 0 Å². The van der Waals surface area contributed by atoms with E-state index in [1.165, 1.54) is 6.42 Å². The number of carbonyl (C=O) groups is 2. The van der Waals surface area contributed by atoms with Gasteiger partial charge in [-0.05, 0) is 39.0 Å². The summed E-state index contributed by atoms with van der Waals surface area (Å²) in [6.45, 7) is 6.07. The molecule has 0 spiro atoms. The first-order valence-corrected chi connectivity index (χ1v) is 7.98. The molecular formula is C15H27N3O2. The number of hydrogen-bond donors (Lipinski definition) is 1. The van der Waals surface area contributed by atoms with E-state index in [9.17, 15) is 9.59 Å². The Morgan fingerprint density at radius 1 is 0.950 bits per heavy atom. The molecule has 2 aliphatic rings. The van der Waals surface area contributed by atoms with Crippen LogP contribution in [0.2, 0.25) is 0 Å². The molecule has 0 aromatic heterocycles. The highest BCUT2D eigenvalue weighted by atomic mass is 16.2. The summed E-state index contributed by atoms with van der Waals surface area (Å²) in [7, 11) is 0. The maximum atomic E-state index is 12.2. The van der Waals surface area contributed by atoms with Gasteiger partial charge in [-0.1, -0.05) is 0 Å². The standard InChI is InChI=1S/C15H27N3O2/c1-13(15(20)18-11-3-2-4-12-18)16-8-7-14(19)17-9-5-6-10-17/h13,16H,2-12H2,1H3. The second-order valence-corrected chi connectivity index (χ2v) is 5.90. The summed E-state index contributed by atoms with van der Waals surface area (Å²) in [5.41, 5.74) is 0. The normalized spacial score (nSPS) is 21.1. The third-order valence-electron chi connectivity index (χ3n) is 4.29. The molecule has 2 amide bonds. The van der Waals surface area contributed by atoms with E-state index >= 15 is 0 Å². The number of piperidine rings is 1. The number of carbonyl (C=O) groups excluding carboxylic acids is 2. The van der Waals surface area contributed by atoms with Crippen molar-refractivity contribution in [3.05, 3.63) is 0 Å². The maximum absolute atomic E-state index is 12.2. The molecule has 0 aromatic carbocycles. The molecule has 0 radical (unpaired) electrons. The lowest BCUT2D eigenvalue weighted by molar-refractivity contribution is -0.134. The van der Waals surface area contributed by atoms with Crippen LogP contribution in [0.4, 0.5) is 0 Å². The van der Waals surface area contributed by atoms with Crippen molar-refractivity contribution >= 4 is 11.8 Å². The number of amides is 2. The summed E-state index contributed by atoms with van der Waals surface area (Å²) in [6, 6.07) is -0.181. The van der Waals surface area contributed by atoms with Crippen molar-refractivity contribution < 1.29 is 9.59 Å². The number of hydrogen-bond acceptors (Lipinski definition) is 3. The van der Waals surface area contributed by atoms with Crippen molar-refractivity contribution in [2.45, 2.75) is 51.5 Å². The molecule has 1 unspecified atom stereocenters. The topological polar surface area (TPSA) is 52.7 Å². The predicted octanol–water partition coefficient (Wildman–Crippen LogP) is 0.990. The van der Waals surface area contributed by atoms with Crippen LogP contribution in [-0.2, 0) is 9.59 Å². The average Bonchev–Trinajstić information content (AvgIpc) is 3.01. The molecule has 2 aliphatic heterocycles. The molecule has 2 fully saturated rings. The zero-order chi connectivity index (χ0) is 14.4. The van der Waals surface area contributed by atoms with Crippen molar-refractivity contribution in [2.75, 3.05) is 32.7 Å². The molecule has 1 atom stereocenters. The van der Waals surface area contributed by atoms with Gasteiger partial charge in [-0.15, -0.1) is 0 Å². The average molecular weight is 281 g/mol. The molecule has 0 bridgehead atoms. The van der Waals surface area contributed by atoms with Crippen molar-refractivity contribution in [1.29, 1.82) is 0 Å². The fourth-order valence-electron chi connectivity index (χ4n) is 3.00.